The first-order valence-electron chi connectivity index (χ1n) is 5.28. The highest BCUT2D eigenvalue weighted by atomic mass is 16.3. The number of nitrogens with zero attached hydrogens (tertiary/aromatic N) is 1. The van der Waals surface area contributed by atoms with Crippen molar-refractivity contribution in [2.45, 2.75) is 50.3 Å². The van der Waals surface area contributed by atoms with Crippen molar-refractivity contribution < 1.29 is 5.11 Å². The van der Waals surface area contributed by atoms with E-state index >= 15 is 0 Å². The largest absolute Gasteiger partial charge is 0.393 e. The zero-order chi connectivity index (χ0) is 8.13. The molecule has 4 fully saturated rings. The molecule has 0 aromatic rings. The minimum atomic E-state index is 0.0266. The molecule has 2 heterocycles. The van der Waals surface area contributed by atoms with E-state index in [0.717, 1.165) is 18.5 Å². The van der Waals surface area contributed by atoms with Gasteiger partial charge in [-0.05, 0) is 38.0 Å². The predicted molar refractivity (Wildman–Crippen MR) is 46.9 cm³/mol. The Morgan fingerprint density at radius 1 is 1.00 bits per heavy atom. The third-order valence-electron chi connectivity index (χ3n) is 3.86. The highest BCUT2D eigenvalue weighted by Gasteiger charge is 2.44. The summed E-state index contributed by atoms with van der Waals surface area (Å²) in [6.07, 6.45) is 6.53. The van der Waals surface area contributed by atoms with Crippen molar-refractivity contribution in [3.05, 3.63) is 0 Å². The summed E-state index contributed by atoms with van der Waals surface area (Å²) in [6, 6.07) is 1.64. The standard InChI is InChI=1S/C10H17NO/c12-10-5-9-2-1-7(10)6-11(9)8-3-4-8/h7-10,12H,1-6H2. The van der Waals surface area contributed by atoms with E-state index in [1.807, 2.05) is 0 Å². The first-order chi connectivity index (χ1) is 5.84. The number of aliphatic hydroxyl groups excluding tert-OH is 1. The predicted octanol–water partition coefficient (Wildman–Crippen LogP) is 0.994. The van der Waals surface area contributed by atoms with Crippen LogP contribution >= 0.6 is 0 Å². The second kappa shape index (κ2) is 2.46. The summed E-state index contributed by atoms with van der Waals surface area (Å²) in [4.78, 5) is 2.67. The lowest BCUT2D eigenvalue weighted by Gasteiger charge is -2.48. The number of fused-ring (bicyclic) bond motifs is 3. The van der Waals surface area contributed by atoms with Crippen LogP contribution in [0.5, 0.6) is 0 Å². The lowest BCUT2D eigenvalue weighted by Crippen LogP contribution is -2.54. The molecule has 2 saturated heterocycles. The molecule has 0 spiro atoms. The number of piperidine rings is 2. The molecule has 3 atom stereocenters. The van der Waals surface area contributed by atoms with Crippen molar-refractivity contribution in [2.24, 2.45) is 5.92 Å². The van der Waals surface area contributed by atoms with E-state index in [9.17, 15) is 5.11 Å². The Labute approximate surface area is 73.6 Å². The summed E-state index contributed by atoms with van der Waals surface area (Å²) in [6.45, 7) is 1.19. The molecule has 2 aliphatic heterocycles. The maximum atomic E-state index is 9.69. The molecule has 4 rings (SSSR count). The molecule has 2 nitrogen and oxygen atoms in total. The zero-order valence-electron chi connectivity index (χ0n) is 7.45. The maximum absolute atomic E-state index is 9.69. The fraction of sp³-hybridized carbons (Fsp3) is 1.00. The molecule has 4 aliphatic rings. The molecule has 0 aromatic heterocycles. The van der Waals surface area contributed by atoms with Gasteiger partial charge in [-0.15, -0.1) is 0 Å². The van der Waals surface area contributed by atoms with Gasteiger partial charge in [0.05, 0.1) is 6.10 Å². The van der Waals surface area contributed by atoms with E-state index in [4.69, 9.17) is 0 Å². The van der Waals surface area contributed by atoms with Crippen LogP contribution in [0.2, 0.25) is 0 Å². The molecule has 1 N–H and O–H groups in total. The monoisotopic (exact) mass is 167 g/mol. The van der Waals surface area contributed by atoms with Crippen LogP contribution in [0.4, 0.5) is 0 Å². The van der Waals surface area contributed by atoms with E-state index in [2.05, 4.69) is 4.90 Å². The van der Waals surface area contributed by atoms with Gasteiger partial charge in [0, 0.05) is 18.6 Å². The Bertz CT molecular complexity index is 190. The topological polar surface area (TPSA) is 23.5 Å². The second-order valence-electron chi connectivity index (χ2n) is 4.72. The molecular formula is C10H17NO. The number of hydrogen-bond acceptors (Lipinski definition) is 2. The van der Waals surface area contributed by atoms with E-state index in [1.165, 1.54) is 32.2 Å². The Hall–Kier alpha value is -0.0800. The van der Waals surface area contributed by atoms with Crippen LogP contribution in [0.1, 0.15) is 32.1 Å². The molecule has 2 bridgehead atoms. The highest BCUT2D eigenvalue weighted by molar-refractivity contribution is 4.99. The summed E-state index contributed by atoms with van der Waals surface area (Å²) in [5.41, 5.74) is 0. The van der Waals surface area contributed by atoms with Crippen molar-refractivity contribution in [1.82, 2.24) is 4.90 Å². The molecule has 68 valence electrons. The van der Waals surface area contributed by atoms with E-state index in [0.29, 0.717) is 5.92 Å². The van der Waals surface area contributed by atoms with Crippen molar-refractivity contribution in [3.8, 4) is 0 Å². The van der Waals surface area contributed by atoms with Crippen molar-refractivity contribution in [1.29, 1.82) is 0 Å². The minimum Gasteiger partial charge on any atom is -0.393 e. The molecular weight excluding hydrogens is 150 g/mol. The van der Waals surface area contributed by atoms with E-state index in [1.54, 1.807) is 0 Å². The Balaban J connectivity index is 1.75. The average Bonchev–Trinajstić information content (AvgIpc) is 2.87. The minimum absolute atomic E-state index is 0.0266. The Morgan fingerprint density at radius 3 is 2.25 bits per heavy atom. The van der Waals surface area contributed by atoms with Crippen LogP contribution in [0.25, 0.3) is 0 Å². The van der Waals surface area contributed by atoms with Gasteiger partial charge >= 0.3 is 0 Å². The molecule has 2 aliphatic carbocycles. The van der Waals surface area contributed by atoms with Gasteiger partial charge < -0.3 is 5.11 Å². The van der Waals surface area contributed by atoms with Crippen LogP contribution in [0, 0.1) is 5.92 Å². The molecule has 2 saturated carbocycles. The molecule has 3 unspecified atom stereocenters. The van der Waals surface area contributed by atoms with Crippen molar-refractivity contribution in [3.63, 3.8) is 0 Å². The van der Waals surface area contributed by atoms with Crippen LogP contribution in [-0.4, -0.2) is 34.7 Å². The van der Waals surface area contributed by atoms with Gasteiger partial charge in [0.1, 0.15) is 0 Å². The van der Waals surface area contributed by atoms with E-state index < -0.39 is 0 Å². The van der Waals surface area contributed by atoms with Crippen LogP contribution in [0.15, 0.2) is 0 Å². The van der Waals surface area contributed by atoms with Gasteiger partial charge in [0.2, 0.25) is 0 Å². The normalized spacial score (nSPS) is 48.2. The Kier molecular flexibility index (Phi) is 1.50. The molecule has 2 heteroatoms. The highest BCUT2D eigenvalue weighted by Crippen LogP contribution is 2.41. The fourth-order valence-electron chi connectivity index (χ4n) is 2.98. The van der Waals surface area contributed by atoms with Crippen molar-refractivity contribution in [2.75, 3.05) is 6.54 Å². The average molecular weight is 167 g/mol. The van der Waals surface area contributed by atoms with Gasteiger partial charge in [0.25, 0.3) is 0 Å². The molecule has 0 radical (unpaired) electrons. The smallest absolute Gasteiger partial charge is 0.0595 e. The summed E-state index contributed by atoms with van der Waals surface area (Å²) in [7, 11) is 0. The first-order valence-corrected chi connectivity index (χ1v) is 5.28. The molecule has 12 heavy (non-hydrogen) atoms. The number of hydrogen-bond donors (Lipinski definition) is 1. The third-order valence-corrected chi connectivity index (χ3v) is 3.86. The van der Waals surface area contributed by atoms with Gasteiger partial charge in [-0.1, -0.05) is 0 Å². The lowest BCUT2D eigenvalue weighted by atomic mass is 9.77. The van der Waals surface area contributed by atoms with Gasteiger partial charge in [-0.25, -0.2) is 0 Å². The van der Waals surface area contributed by atoms with Gasteiger partial charge in [-0.2, -0.15) is 0 Å². The molecule has 0 aromatic carbocycles. The molecule has 0 amide bonds. The van der Waals surface area contributed by atoms with Crippen molar-refractivity contribution >= 4 is 0 Å². The van der Waals surface area contributed by atoms with Crippen LogP contribution < -0.4 is 0 Å². The SMILES string of the molecule is OC1CC2CCC1CN2C1CC1. The number of aliphatic hydroxyl groups is 1. The summed E-state index contributed by atoms with van der Waals surface area (Å²) in [5, 5.41) is 9.69. The summed E-state index contributed by atoms with van der Waals surface area (Å²) >= 11 is 0. The Morgan fingerprint density at radius 2 is 1.75 bits per heavy atom. The van der Waals surface area contributed by atoms with Crippen LogP contribution in [-0.2, 0) is 0 Å². The lowest BCUT2D eigenvalue weighted by molar-refractivity contribution is -0.0526. The summed E-state index contributed by atoms with van der Waals surface area (Å²) < 4.78 is 0. The number of rotatable bonds is 1. The van der Waals surface area contributed by atoms with Crippen LogP contribution in [0.3, 0.4) is 0 Å². The van der Waals surface area contributed by atoms with E-state index in [-0.39, 0.29) is 6.10 Å². The third kappa shape index (κ3) is 1.01. The maximum Gasteiger partial charge on any atom is 0.0595 e. The summed E-state index contributed by atoms with van der Waals surface area (Å²) in [5.74, 6) is 0.607. The van der Waals surface area contributed by atoms with Gasteiger partial charge in [0.15, 0.2) is 0 Å². The fourth-order valence-corrected chi connectivity index (χ4v) is 2.98. The quantitative estimate of drug-likeness (QED) is 0.629. The second-order valence-corrected chi connectivity index (χ2v) is 4.72. The first kappa shape index (κ1) is 7.34. The van der Waals surface area contributed by atoms with Gasteiger partial charge in [-0.3, -0.25) is 4.90 Å². The zero-order valence-corrected chi connectivity index (χ0v) is 7.45.